The van der Waals surface area contributed by atoms with Crippen molar-refractivity contribution in [2.45, 2.75) is 31.8 Å². The Kier molecular flexibility index (Phi) is 3.66. The van der Waals surface area contributed by atoms with Crippen LogP contribution in [0.4, 0.5) is 0 Å². The summed E-state index contributed by atoms with van der Waals surface area (Å²) in [6.45, 7) is 3.28. The Labute approximate surface area is 97.8 Å². The van der Waals surface area contributed by atoms with Gasteiger partial charge in [0.05, 0.1) is 12.3 Å². The lowest BCUT2D eigenvalue weighted by atomic mass is 9.82. The average molecular weight is 222 g/mol. The van der Waals surface area contributed by atoms with Gasteiger partial charge in [-0.25, -0.2) is 0 Å². The van der Waals surface area contributed by atoms with Gasteiger partial charge in [-0.2, -0.15) is 0 Å². The average Bonchev–Trinajstić information content (AvgIpc) is 2.67. The first-order chi connectivity index (χ1) is 7.66. The molecule has 0 aliphatic heterocycles. The third kappa shape index (κ3) is 2.66. The quantitative estimate of drug-likeness (QED) is 0.828. The summed E-state index contributed by atoms with van der Waals surface area (Å²) in [5, 5.41) is 3.62. The van der Waals surface area contributed by atoms with Crippen LogP contribution in [0.15, 0.2) is 22.8 Å². The summed E-state index contributed by atoms with van der Waals surface area (Å²) >= 11 is 0. The molecular weight excluding hydrogens is 200 g/mol. The number of hydrogen-bond donors (Lipinski definition) is 1. The predicted molar refractivity (Wildman–Crippen MR) is 65.3 cm³/mol. The van der Waals surface area contributed by atoms with E-state index in [0.717, 1.165) is 18.2 Å². The first kappa shape index (κ1) is 11.7. The first-order valence-electron chi connectivity index (χ1n) is 6.10. The van der Waals surface area contributed by atoms with Crippen LogP contribution < -0.4 is 5.32 Å². The van der Waals surface area contributed by atoms with Gasteiger partial charge in [0.1, 0.15) is 5.76 Å². The second kappa shape index (κ2) is 5.02. The molecular formula is C13H22N2O. The summed E-state index contributed by atoms with van der Waals surface area (Å²) in [5.41, 5.74) is 0. The monoisotopic (exact) mass is 222 g/mol. The van der Waals surface area contributed by atoms with Crippen LogP contribution in [-0.4, -0.2) is 31.6 Å². The van der Waals surface area contributed by atoms with Gasteiger partial charge in [0.2, 0.25) is 0 Å². The van der Waals surface area contributed by atoms with Gasteiger partial charge in [0.15, 0.2) is 0 Å². The molecule has 1 fully saturated rings. The Morgan fingerprint density at radius 3 is 2.75 bits per heavy atom. The van der Waals surface area contributed by atoms with Gasteiger partial charge < -0.3 is 9.73 Å². The van der Waals surface area contributed by atoms with E-state index in [-0.39, 0.29) is 0 Å². The van der Waals surface area contributed by atoms with Crippen molar-refractivity contribution in [3.8, 4) is 0 Å². The van der Waals surface area contributed by atoms with Crippen molar-refractivity contribution >= 4 is 0 Å². The van der Waals surface area contributed by atoms with Crippen LogP contribution in [0.5, 0.6) is 0 Å². The number of rotatable bonds is 5. The van der Waals surface area contributed by atoms with Crippen molar-refractivity contribution in [2.24, 2.45) is 5.92 Å². The lowest BCUT2D eigenvalue weighted by Gasteiger charge is -2.35. The van der Waals surface area contributed by atoms with Crippen molar-refractivity contribution in [1.82, 2.24) is 10.2 Å². The number of hydrogen-bond acceptors (Lipinski definition) is 3. The third-order valence-electron chi connectivity index (χ3n) is 3.47. The zero-order valence-corrected chi connectivity index (χ0v) is 10.4. The van der Waals surface area contributed by atoms with E-state index in [0.29, 0.717) is 12.1 Å². The Hall–Kier alpha value is -0.800. The molecule has 0 radical (unpaired) electrons. The molecule has 3 heteroatoms. The standard InChI is InChI=1S/C13H22N2O/c1-10-7-11(8-10)14-9-12(15(2)3)13-5-4-6-16-13/h4-6,10-12,14H,7-9H2,1-3H3. The van der Waals surface area contributed by atoms with Gasteiger partial charge in [-0.1, -0.05) is 6.92 Å². The lowest BCUT2D eigenvalue weighted by molar-refractivity contribution is 0.198. The predicted octanol–water partition coefficient (Wildman–Crippen LogP) is 2.27. The molecule has 1 aromatic rings. The van der Waals surface area contributed by atoms with Gasteiger partial charge in [-0.15, -0.1) is 0 Å². The Morgan fingerprint density at radius 2 is 2.25 bits per heavy atom. The first-order valence-corrected chi connectivity index (χ1v) is 6.10. The van der Waals surface area contributed by atoms with E-state index in [9.17, 15) is 0 Å². The number of furan rings is 1. The van der Waals surface area contributed by atoms with Crippen LogP contribution in [0.3, 0.4) is 0 Å². The van der Waals surface area contributed by atoms with E-state index in [4.69, 9.17) is 4.42 Å². The molecule has 90 valence electrons. The second-order valence-corrected chi connectivity index (χ2v) is 5.18. The maximum absolute atomic E-state index is 5.48. The van der Waals surface area contributed by atoms with Crippen molar-refractivity contribution in [2.75, 3.05) is 20.6 Å². The molecule has 1 N–H and O–H groups in total. The van der Waals surface area contributed by atoms with Gasteiger partial charge >= 0.3 is 0 Å². The molecule has 0 spiro atoms. The van der Waals surface area contributed by atoms with Crippen LogP contribution in [0.1, 0.15) is 31.6 Å². The van der Waals surface area contributed by atoms with E-state index in [1.54, 1.807) is 6.26 Å². The van der Waals surface area contributed by atoms with Crippen LogP contribution in [-0.2, 0) is 0 Å². The van der Waals surface area contributed by atoms with Crippen LogP contribution in [0, 0.1) is 5.92 Å². The molecule has 1 unspecified atom stereocenters. The Morgan fingerprint density at radius 1 is 1.50 bits per heavy atom. The molecule has 1 aliphatic rings. The molecule has 3 nitrogen and oxygen atoms in total. The molecule has 16 heavy (non-hydrogen) atoms. The minimum Gasteiger partial charge on any atom is -0.468 e. The summed E-state index contributed by atoms with van der Waals surface area (Å²) in [7, 11) is 4.19. The summed E-state index contributed by atoms with van der Waals surface area (Å²) in [4.78, 5) is 2.20. The van der Waals surface area contributed by atoms with E-state index in [2.05, 4.69) is 37.3 Å². The van der Waals surface area contributed by atoms with Gasteiger partial charge in [-0.3, -0.25) is 4.90 Å². The zero-order chi connectivity index (χ0) is 11.5. The molecule has 0 amide bonds. The highest BCUT2D eigenvalue weighted by Crippen LogP contribution is 2.27. The largest absolute Gasteiger partial charge is 0.468 e. The van der Waals surface area contributed by atoms with Crippen LogP contribution in [0.25, 0.3) is 0 Å². The number of nitrogens with one attached hydrogen (secondary N) is 1. The lowest BCUT2D eigenvalue weighted by Crippen LogP contribution is -2.43. The van der Waals surface area contributed by atoms with Crippen LogP contribution >= 0.6 is 0 Å². The molecule has 1 saturated carbocycles. The summed E-state index contributed by atoms with van der Waals surface area (Å²) in [6.07, 6.45) is 4.38. The smallest absolute Gasteiger partial charge is 0.122 e. The minimum atomic E-state index is 0.339. The van der Waals surface area contributed by atoms with Gasteiger partial charge in [-0.05, 0) is 45.0 Å². The summed E-state index contributed by atoms with van der Waals surface area (Å²) in [6, 6.07) is 5.06. The van der Waals surface area contributed by atoms with Crippen LogP contribution in [0.2, 0.25) is 0 Å². The highest BCUT2D eigenvalue weighted by molar-refractivity contribution is 5.05. The van der Waals surface area contributed by atoms with Crippen molar-refractivity contribution in [3.63, 3.8) is 0 Å². The molecule has 1 heterocycles. The van der Waals surface area contributed by atoms with E-state index < -0.39 is 0 Å². The SMILES string of the molecule is CC1CC(NCC(c2ccco2)N(C)C)C1. The maximum Gasteiger partial charge on any atom is 0.122 e. The van der Waals surface area contributed by atoms with Crippen molar-refractivity contribution in [3.05, 3.63) is 24.2 Å². The van der Waals surface area contributed by atoms with Crippen molar-refractivity contribution in [1.29, 1.82) is 0 Å². The van der Waals surface area contributed by atoms with Crippen molar-refractivity contribution < 1.29 is 4.42 Å². The highest BCUT2D eigenvalue weighted by Gasteiger charge is 2.26. The minimum absolute atomic E-state index is 0.339. The number of likely N-dealkylation sites (N-methyl/N-ethyl adjacent to an activating group) is 1. The fraction of sp³-hybridized carbons (Fsp3) is 0.692. The highest BCUT2D eigenvalue weighted by atomic mass is 16.3. The molecule has 0 bridgehead atoms. The normalized spacial score (nSPS) is 26.8. The summed E-state index contributed by atoms with van der Waals surface area (Å²) in [5.74, 6) is 1.95. The van der Waals surface area contributed by atoms with E-state index in [1.807, 2.05) is 6.07 Å². The number of nitrogens with zero attached hydrogens (tertiary/aromatic N) is 1. The Bertz CT molecular complexity index is 302. The van der Waals surface area contributed by atoms with Gasteiger partial charge in [0.25, 0.3) is 0 Å². The zero-order valence-electron chi connectivity index (χ0n) is 10.4. The third-order valence-corrected chi connectivity index (χ3v) is 3.47. The van der Waals surface area contributed by atoms with E-state index in [1.165, 1.54) is 12.8 Å². The second-order valence-electron chi connectivity index (χ2n) is 5.18. The topological polar surface area (TPSA) is 28.4 Å². The molecule has 2 rings (SSSR count). The summed E-state index contributed by atoms with van der Waals surface area (Å²) < 4.78 is 5.48. The Balaban J connectivity index is 1.84. The molecule has 1 atom stereocenters. The fourth-order valence-corrected chi connectivity index (χ4v) is 2.37. The molecule has 0 saturated heterocycles. The van der Waals surface area contributed by atoms with E-state index >= 15 is 0 Å². The molecule has 0 aromatic carbocycles. The fourth-order valence-electron chi connectivity index (χ4n) is 2.37. The molecule has 1 aliphatic carbocycles. The maximum atomic E-state index is 5.48. The van der Waals surface area contributed by atoms with Gasteiger partial charge in [0, 0.05) is 12.6 Å². The molecule has 1 aromatic heterocycles.